The summed E-state index contributed by atoms with van der Waals surface area (Å²) in [6, 6.07) is 0.304. The van der Waals surface area contributed by atoms with Crippen LogP contribution in [0.15, 0.2) is 0 Å². The van der Waals surface area contributed by atoms with Crippen molar-refractivity contribution in [2.24, 2.45) is 5.92 Å². The van der Waals surface area contributed by atoms with Gasteiger partial charge in [-0.1, -0.05) is 0 Å². The number of nitrogens with one attached hydrogen (secondary N) is 1. The van der Waals surface area contributed by atoms with E-state index in [2.05, 4.69) is 5.32 Å². The second-order valence-electron chi connectivity index (χ2n) is 2.94. The molecule has 0 aliphatic heterocycles. The third kappa shape index (κ3) is 2.04. The average molecular weight is 127 g/mol. The molecule has 1 saturated carbocycles. The fourth-order valence-electron chi connectivity index (χ4n) is 0.748. The van der Waals surface area contributed by atoms with Crippen LogP contribution in [0.1, 0.15) is 26.7 Å². The molecule has 1 aliphatic carbocycles. The molecule has 1 amide bonds. The van der Waals surface area contributed by atoms with Gasteiger partial charge in [0.15, 0.2) is 0 Å². The van der Waals surface area contributed by atoms with Crippen molar-refractivity contribution in [1.29, 1.82) is 0 Å². The molecule has 2 nitrogen and oxygen atoms in total. The Bertz CT molecular complexity index is 116. The highest BCUT2D eigenvalue weighted by Crippen LogP contribution is 2.28. The smallest absolute Gasteiger partial charge is 0.223 e. The highest BCUT2D eigenvalue weighted by atomic mass is 16.2. The first-order chi connectivity index (χ1) is 4.20. The van der Waals surface area contributed by atoms with Crippen molar-refractivity contribution < 1.29 is 4.79 Å². The first-order valence-corrected chi connectivity index (χ1v) is 3.50. The van der Waals surface area contributed by atoms with Crippen LogP contribution in [0, 0.1) is 5.92 Å². The third-order valence-electron chi connectivity index (χ3n) is 1.38. The van der Waals surface area contributed by atoms with Crippen LogP contribution in [-0.2, 0) is 4.79 Å². The van der Waals surface area contributed by atoms with Gasteiger partial charge in [0, 0.05) is 12.0 Å². The van der Waals surface area contributed by atoms with Crippen LogP contribution in [0.5, 0.6) is 0 Å². The maximum atomic E-state index is 10.9. The summed E-state index contributed by atoms with van der Waals surface area (Å²) in [6.45, 7) is 3.97. The topological polar surface area (TPSA) is 29.1 Å². The number of hydrogen-bond donors (Lipinski definition) is 1. The molecule has 0 bridgehead atoms. The summed E-state index contributed by atoms with van der Waals surface area (Å²) in [5, 5.41) is 2.87. The second-order valence-corrected chi connectivity index (χ2v) is 2.94. The van der Waals surface area contributed by atoms with Crippen LogP contribution in [0.4, 0.5) is 0 Å². The van der Waals surface area contributed by atoms with Crippen molar-refractivity contribution in [3.05, 3.63) is 0 Å². The fourth-order valence-corrected chi connectivity index (χ4v) is 0.748. The lowest BCUT2D eigenvalue weighted by Gasteiger charge is -2.05. The molecule has 0 aromatic heterocycles. The Hall–Kier alpha value is -0.530. The molecular weight excluding hydrogens is 114 g/mol. The predicted molar refractivity (Wildman–Crippen MR) is 36.0 cm³/mol. The van der Waals surface area contributed by atoms with Gasteiger partial charge in [-0.25, -0.2) is 0 Å². The van der Waals surface area contributed by atoms with Crippen molar-refractivity contribution in [2.45, 2.75) is 32.7 Å². The molecule has 0 heterocycles. The van der Waals surface area contributed by atoms with Gasteiger partial charge in [-0.2, -0.15) is 0 Å². The molecular formula is C7H13NO. The lowest BCUT2D eigenvalue weighted by molar-refractivity contribution is -0.122. The number of carbonyl (C=O) groups excluding carboxylic acids is 1. The van der Waals surface area contributed by atoms with Gasteiger partial charge in [-0.05, 0) is 26.7 Å². The van der Waals surface area contributed by atoms with Gasteiger partial charge in [0.1, 0.15) is 0 Å². The molecule has 0 aromatic carbocycles. The summed E-state index contributed by atoms with van der Waals surface area (Å²) in [5.74, 6) is 0.595. The van der Waals surface area contributed by atoms with E-state index in [4.69, 9.17) is 0 Å². The third-order valence-corrected chi connectivity index (χ3v) is 1.38. The minimum absolute atomic E-state index is 0.241. The van der Waals surface area contributed by atoms with Gasteiger partial charge in [0.05, 0.1) is 0 Å². The Morgan fingerprint density at radius 3 is 2.44 bits per heavy atom. The van der Waals surface area contributed by atoms with E-state index < -0.39 is 0 Å². The quantitative estimate of drug-likeness (QED) is 0.587. The van der Waals surface area contributed by atoms with Crippen molar-refractivity contribution in [2.75, 3.05) is 0 Å². The Labute approximate surface area is 55.6 Å². The van der Waals surface area contributed by atoms with E-state index in [9.17, 15) is 4.79 Å². The number of rotatable bonds is 2. The van der Waals surface area contributed by atoms with Crippen LogP contribution >= 0.6 is 0 Å². The standard InChI is InChI=1S/C7H13NO/c1-5(2)8-7(9)6-3-4-6/h5-6H,3-4H2,1-2H3,(H,8,9). The zero-order valence-corrected chi connectivity index (χ0v) is 5.98. The number of hydrogen-bond acceptors (Lipinski definition) is 1. The highest BCUT2D eigenvalue weighted by molar-refractivity contribution is 5.80. The average Bonchev–Trinajstić information content (AvgIpc) is 2.40. The molecule has 2 heteroatoms. The van der Waals surface area contributed by atoms with Crippen molar-refractivity contribution in [1.82, 2.24) is 5.32 Å². The van der Waals surface area contributed by atoms with E-state index in [1.54, 1.807) is 0 Å². The van der Waals surface area contributed by atoms with Crippen LogP contribution < -0.4 is 5.32 Å². The molecule has 0 radical (unpaired) electrons. The molecule has 52 valence electrons. The Kier molecular flexibility index (Phi) is 1.74. The normalized spacial score (nSPS) is 18.1. The molecule has 1 rings (SSSR count). The summed E-state index contributed by atoms with van der Waals surface area (Å²) in [6.07, 6.45) is 2.19. The van der Waals surface area contributed by atoms with E-state index in [-0.39, 0.29) is 5.91 Å². The van der Waals surface area contributed by atoms with Crippen LogP contribution in [0.25, 0.3) is 0 Å². The first kappa shape index (κ1) is 6.59. The monoisotopic (exact) mass is 127 g/mol. The summed E-state index contributed by atoms with van der Waals surface area (Å²) in [4.78, 5) is 10.9. The fraction of sp³-hybridized carbons (Fsp3) is 0.857. The first-order valence-electron chi connectivity index (χ1n) is 3.50. The van der Waals surface area contributed by atoms with E-state index in [0.29, 0.717) is 12.0 Å². The van der Waals surface area contributed by atoms with Crippen LogP contribution in [0.3, 0.4) is 0 Å². The maximum Gasteiger partial charge on any atom is 0.223 e. The molecule has 1 N–H and O–H groups in total. The highest BCUT2D eigenvalue weighted by Gasteiger charge is 2.29. The Morgan fingerprint density at radius 1 is 1.56 bits per heavy atom. The van der Waals surface area contributed by atoms with Gasteiger partial charge in [-0.15, -0.1) is 0 Å². The van der Waals surface area contributed by atoms with Crippen molar-refractivity contribution in [3.8, 4) is 0 Å². The summed E-state index contributed by atoms with van der Waals surface area (Å²) in [7, 11) is 0. The van der Waals surface area contributed by atoms with Crippen molar-refractivity contribution in [3.63, 3.8) is 0 Å². The molecule has 0 saturated heterocycles. The minimum Gasteiger partial charge on any atom is -0.354 e. The molecule has 0 aromatic rings. The lowest BCUT2D eigenvalue weighted by atomic mass is 10.3. The van der Waals surface area contributed by atoms with E-state index in [1.807, 2.05) is 13.8 Å². The minimum atomic E-state index is 0.241. The van der Waals surface area contributed by atoms with Crippen LogP contribution in [0.2, 0.25) is 0 Å². The van der Waals surface area contributed by atoms with Gasteiger partial charge in [0.2, 0.25) is 5.91 Å². The molecule has 0 atom stereocenters. The maximum absolute atomic E-state index is 10.9. The molecule has 1 fully saturated rings. The predicted octanol–water partition coefficient (Wildman–Crippen LogP) is 0.921. The SMILES string of the molecule is CC(C)NC(=O)C1CC1. The molecule has 0 unspecified atom stereocenters. The van der Waals surface area contributed by atoms with Gasteiger partial charge in [-0.3, -0.25) is 4.79 Å². The van der Waals surface area contributed by atoms with Gasteiger partial charge < -0.3 is 5.32 Å². The molecule has 1 aliphatic rings. The van der Waals surface area contributed by atoms with E-state index >= 15 is 0 Å². The summed E-state index contributed by atoms with van der Waals surface area (Å²) in [5.41, 5.74) is 0. The van der Waals surface area contributed by atoms with E-state index in [0.717, 1.165) is 12.8 Å². The van der Waals surface area contributed by atoms with Gasteiger partial charge >= 0.3 is 0 Å². The number of carbonyl (C=O) groups is 1. The van der Waals surface area contributed by atoms with Gasteiger partial charge in [0.25, 0.3) is 0 Å². The van der Waals surface area contributed by atoms with Crippen LogP contribution in [-0.4, -0.2) is 11.9 Å². The van der Waals surface area contributed by atoms with Crippen molar-refractivity contribution >= 4 is 5.91 Å². The Morgan fingerprint density at radius 2 is 2.11 bits per heavy atom. The number of amides is 1. The zero-order valence-electron chi connectivity index (χ0n) is 5.98. The lowest BCUT2D eigenvalue weighted by Crippen LogP contribution is -2.31. The molecule has 9 heavy (non-hydrogen) atoms. The summed E-state index contributed by atoms with van der Waals surface area (Å²) < 4.78 is 0. The molecule has 0 spiro atoms. The summed E-state index contributed by atoms with van der Waals surface area (Å²) >= 11 is 0. The zero-order chi connectivity index (χ0) is 6.85. The largest absolute Gasteiger partial charge is 0.354 e. The second kappa shape index (κ2) is 2.38. The van der Waals surface area contributed by atoms with E-state index in [1.165, 1.54) is 0 Å². The Balaban J connectivity index is 2.18.